The molecule has 0 aliphatic carbocycles. The molecule has 1 aromatic rings. The molecule has 2 nitrogen and oxygen atoms in total. The Morgan fingerprint density at radius 3 is 2.92 bits per heavy atom. The van der Waals surface area contributed by atoms with Crippen molar-refractivity contribution in [3.05, 3.63) is 28.2 Å². The maximum atomic E-state index is 5.01. The molecule has 0 aromatic heterocycles. The molecule has 0 aliphatic heterocycles. The zero-order valence-corrected chi connectivity index (χ0v) is 9.11. The molecule has 0 atom stereocenters. The van der Waals surface area contributed by atoms with Crippen molar-refractivity contribution in [2.75, 3.05) is 6.26 Å². The van der Waals surface area contributed by atoms with Crippen molar-refractivity contribution in [1.82, 2.24) is 0 Å². The summed E-state index contributed by atoms with van der Waals surface area (Å²) in [5, 5.41) is 0. The molecule has 66 valence electrons. The summed E-state index contributed by atoms with van der Waals surface area (Å²) in [5.74, 6) is 5.01. The van der Waals surface area contributed by atoms with E-state index in [4.69, 9.17) is 5.90 Å². The first kappa shape index (κ1) is 10.1. The van der Waals surface area contributed by atoms with Gasteiger partial charge in [0.1, 0.15) is 0 Å². The molecule has 0 spiro atoms. The number of thioether (sulfide) groups is 1. The minimum absolute atomic E-state index is 0.454. The highest BCUT2D eigenvalue weighted by Crippen LogP contribution is 2.24. The number of halogens is 1. The Hall–Kier alpha value is -0.0300. The van der Waals surface area contributed by atoms with Crippen molar-refractivity contribution in [3.63, 3.8) is 0 Å². The highest BCUT2D eigenvalue weighted by atomic mass is 79.9. The fraction of sp³-hybridized carbons (Fsp3) is 0.250. The molecule has 0 saturated carbocycles. The molecule has 4 heteroatoms. The van der Waals surface area contributed by atoms with E-state index < -0.39 is 0 Å². The smallest absolute Gasteiger partial charge is 0.0941 e. The third-order valence-electron chi connectivity index (χ3n) is 1.48. The third kappa shape index (κ3) is 2.48. The van der Waals surface area contributed by atoms with Crippen LogP contribution in [0.3, 0.4) is 0 Å². The first-order valence-corrected chi connectivity index (χ1v) is 5.44. The predicted molar refractivity (Wildman–Crippen MR) is 54.9 cm³/mol. The second kappa shape index (κ2) is 4.87. The van der Waals surface area contributed by atoms with Crippen LogP contribution < -0.4 is 5.90 Å². The molecule has 0 amide bonds. The monoisotopic (exact) mass is 247 g/mol. The second-order valence-electron chi connectivity index (χ2n) is 2.27. The largest absolute Gasteiger partial charge is 0.300 e. The summed E-state index contributed by atoms with van der Waals surface area (Å²) in [7, 11) is 0. The van der Waals surface area contributed by atoms with Gasteiger partial charge in [0.25, 0.3) is 0 Å². The summed E-state index contributed by atoms with van der Waals surface area (Å²) in [6.45, 7) is 0.454. The van der Waals surface area contributed by atoms with Gasteiger partial charge >= 0.3 is 0 Å². The number of nitrogens with two attached hydrogens (primary N) is 1. The SMILES string of the molecule is CSc1ccc(Br)cc1CON. The molecule has 2 N–H and O–H groups in total. The van der Waals surface area contributed by atoms with Gasteiger partial charge < -0.3 is 0 Å². The Morgan fingerprint density at radius 2 is 2.33 bits per heavy atom. The van der Waals surface area contributed by atoms with Crippen molar-refractivity contribution in [3.8, 4) is 0 Å². The van der Waals surface area contributed by atoms with E-state index in [2.05, 4.69) is 20.8 Å². The van der Waals surface area contributed by atoms with E-state index in [-0.39, 0.29) is 0 Å². The molecule has 1 rings (SSSR count). The summed E-state index contributed by atoms with van der Waals surface area (Å²) >= 11 is 5.08. The van der Waals surface area contributed by atoms with Gasteiger partial charge in [-0.15, -0.1) is 11.8 Å². The van der Waals surface area contributed by atoms with Gasteiger partial charge in [-0.3, -0.25) is 4.84 Å². The predicted octanol–water partition coefficient (Wildman–Crippen LogP) is 2.56. The Kier molecular flexibility index (Phi) is 4.08. The van der Waals surface area contributed by atoms with Crippen LogP contribution in [0.5, 0.6) is 0 Å². The van der Waals surface area contributed by atoms with Gasteiger partial charge in [0.05, 0.1) is 6.61 Å². The number of benzene rings is 1. The highest BCUT2D eigenvalue weighted by molar-refractivity contribution is 9.10. The number of hydrogen-bond donors (Lipinski definition) is 1. The fourth-order valence-corrected chi connectivity index (χ4v) is 1.94. The van der Waals surface area contributed by atoms with Crippen molar-refractivity contribution in [1.29, 1.82) is 0 Å². The minimum Gasteiger partial charge on any atom is -0.300 e. The van der Waals surface area contributed by atoms with E-state index in [1.807, 2.05) is 24.5 Å². The molecule has 0 saturated heterocycles. The van der Waals surface area contributed by atoms with Gasteiger partial charge in [-0.1, -0.05) is 15.9 Å². The minimum atomic E-state index is 0.454. The van der Waals surface area contributed by atoms with E-state index in [1.54, 1.807) is 11.8 Å². The van der Waals surface area contributed by atoms with Crippen LogP contribution in [-0.4, -0.2) is 6.26 Å². The normalized spacial score (nSPS) is 10.2. The van der Waals surface area contributed by atoms with Crippen molar-refractivity contribution in [2.24, 2.45) is 5.90 Å². The summed E-state index contributed by atoms with van der Waals surface area (Å²) in [5.41, 5.74) is 1.11. The van der Waals surface area contributed by atoms with Crippen LogP contribution in [0.2, 0.25) is 0 Å². The first-order valence-electron chi connectivity index (χ1n) is 3.42. The van der Waals surface area contributed by atoms with E-state index in [1.165, 1.54) is 4.90 Å². The second-order valence-corrected chi connectivity index (χ2v) is 4.03. The lowest BCUT2D eigenvalue weighted by Crippen LogP contribution is -1.99. The van der Waals surface area contributed by atoms with Gasteiger partial charge in [-0.25, -0.2) is 5.90 Å². The lowest BCUT2D eigenvalue weighted by molar-refractivity contribution is 0.122. The summed E-state index contributed by atoms with van der Waals surface area (Å²) in [6.07, 6.45) is 2.03. The Bertz CT molecular complexity index is 267. The van der Waals surface area contributed by atoms with Gasteiger partial charge in [-0.05, 0) is 30.0 Å². The van der Waals surface area contributed by atoms with Crippen molar-refractivity contribution >= 4 is 27.7 Å². The lowest BCUT2D eigenvalue weighted by atomic mass is 10.2. The van der Waals surface area contributed by atoms with Gasteiger partial charge in [0.2, 0.25) is 0 Å². The molecular formula is C8H10BrNOS. The average molecular weight is 248 g/mol. The Morgan fingerprint density at radius 1 is 1.58 bits per heavy atom. The van der Waals surface area contributed by atoms with Crippen LogP contribution in [0.25, 0.3) is 0 Å². The van der Waals surface area contributed by atoms with E-state index in [0.29, 0.717) is 6.61 Å². The first-order chi connectivity index (χ1) is 5.77. The lowest BCUT2D eigenvalue weighted by Gasteiger charge is -2.05. The van der Waals surface area contributed by atoms with Crippen LogP contribution in [-0.2, 0) is 11.4 Å². The quantitative estimate of drug-likeness (QED) is 0.659. The highest BCUT2D eigenvalue weighted by Gasteiger charge is 2.01. The van der Waals surface area contributed by atoms with Crippen molar-refractivity contribution in [2.45, 2.75) is 11.5 Å². The van der Waals surface area contributed by atoms with Crippen LogP contribution in [0.1, 0.15) is 5.56 Å². The molecule has 1 aromatic carbocycles. The summed E-state index contributed by atoms with van der Waals surface area (Å²) in [6, 6.07) is 6.06. The van der Waals surface area contributed by atoms with E-state index in [9.17, 15) is 0 Å². The molecule has 12 heavy (non-hydrogen) atoms. The maximum absolute atomic E-state index is 5.01. The topological polar surface area (TPSA) is 35.2 Å². The molecule has 0 unspecified atom stereocenters. The zero-order valence-electron chi connectivity index (χ0n) is 6.71. The molecule has 0 radical (unpaired) electrons. The molecule has 0 aliphatic rings. The van der Waals surface area contributed by atoms with Crippen LogP contribution >= 0.6 is 27.7 Å². The summed E-state index contributed by atoms with van der Waals surface area (Å²) in [4.78, 5) is 5.79. The molecule has 0 heterocycles. The number of rotatable bonds is 3. The fourth-order valence-electron chi connectivity index (χ4n) is 0.950. The van der Waals surface area contributed by atoms with Gasteiger partial charge in [0, 0.05) is 9.37 Å². The third-order valence-corrected chi connectivity index (χ3v) is 2.81. The van der Waals surface area contributed by atoms with E-state index in [0.717, 1.165) is 10.0 Å². The maximum Gasteiger partial charge on any atom is 0.0941 e. The molecular weight excluding hydrogens is 238 g/mol. The molecule has 0 fully saturated rings. The molecule has 0 bridgehead atoms. The Labute approximate surface area is 84.6 Å². The number of hydrogen-bond acceptors (Lipinski definition) is 3. The van der Waals surface area contributed by atoms with Gasteiger partial charge in [0.15, 0.2) is 0 Å². The zero-order chi connectivity index (χ0) is 8.97. The summed E-state index contributed by atoms with van der Waals surface area (Å²) < 4.78 is 1.05. The van der Waals surface area contributed by atoms with E-state index >= 15 is 0 Å². The van der Waals surface area contributed by atoms with Crippen LogP contribution in [0.4, 0.5) is 0 Å². The van der Waals surface area contributed by atoms with Gasteiger partial charge in [-0.2, -0.15) is 0 Å². The Balaban J connectivity index is 2.95. The van der Waals surface area contributed by atoms with Crippen molar-refractivity contribution < 1.29 is 4.84 Å². The standard InChI is InChI=1S/C8H10BrNOS/c1-12-8-3-2-7(9)4-6(8)5-11-10/h2-4H,5,10H2,1H3. The average Bonchev–Trinajstić information content (AvgIpc) is 2.05. The van der Waals surface area contributed by atoms with Crippen LogP contribution in [0, 0.1) is 0 Å². The van der Waals surface area contributed by atoms with Crippen LogP contribution in [0.15, 0.2) is 27.6 Å².